The standard InChI is InChI=1S/C18H32O6/c1-17(21-3)18(2,22-4)24-16-8-12-6-14(10-20)13(9-19)5-11(12)7-15(16)23-17/h11-16,19-20H,5-10H2,1-4H3/t11-,12+,13-,14-,15-,16-,17+,18+/m0/s1. The SMILES string of the molecule is CO[C@]1(C)O[C@H]2C[C@H]3C[C@@H](CO)[C@H](CO)C[C@H]3C[C@@H]2O[C@@]1(C)OC. The van der Waals surface area contributed by atoms with E-state index < -0.39 is 11.6 Å². The molecule has 0 bridgehead atoms. The molecule has 6 heteroatoms. The van der Waals surface area contributed by atoms with E-state index in [1.54, 1.807) is 14.2 Å². The lowest BCUT2D eigenvalue weighted by molar-refractivity contribution is -0.454. The second-order valence-electron chi connectivity index (χ2n) is 7.96. The molecule has 0 amide bonds. The van der Waals surface area contributed by atoms with Crippen molar-refractivity contribution < 1.29 is 29.2 Å². The highest BCUT2D eigenvalue weighted by Crippen LogP contribution is 2.51. The van der Waals surface area contributed by atoms with Crippen molar-refractivity contribution in [2.24, 2.45) is 23.7 Å². The van der Waals surface area contributed by atoms with Gasteiger partial charge in [-0.3, -0.25) is 0 Å². The third-order valence-corrected chi connectivity index (χ3v) is 6.85. The van der Waals surface area contributed by atoms with E-state index in [9.17, 15) is 10.2 Å². The van der Waals surface area contributed by atoms with Crippen LogP contribution >= 0.6 is 0 Å². The Morgan fingerprint density at radius 2 is 1.17 bits per heavy atom. The van der Waals surface area contributed by atoms with Crippen LogP contribution in [0.15, 0.2) is 0 Å². The molecule has 2 N–H and O–H groups in total. The Bertz CT molecular complexity index is 405. The summed E-state index contributed by atoms with van der Waals surface area (Å²) in [4.78, 5) is 0. The van der Waals surface area contributed by atoms with Crippen LogP contribution in [0, 0.1) is 23.7 Å². The molecule has 0 radical (unpaired) electrons. The smallest absolute Gasteiger partial charge is 0.220 e. The molecule has 0 aromatic carbocycles. The average molecular weight is 344 g/mol. The van der Waals surface area contributed by atoms with Crippen molar-refractivity contribution in [2.75, 3.05) is 27.4 Å². The molecule has 24 heavy (non-hydrogen) atoms. The first-order valence-corrected chi connectivity index (χ1v) is 9.07. The van der Waals surface area contributed by atoms with Crippen LogP contribution in [-0.4, -0.2) is 61.4 Å². The minimum Gasteiger partial charge on any atom is -0.396 e. The van der Waals surface area contributed by atoms with Crippen LogP contribution in [0.4, 0.5) is 0 Å². The van der Waals surface area contributed by atoms with Gasteiger partial charge in [0.2, 0.25) is 11.6 Å². The highest BCUT2D eigenvalue weighted by atomic mass is 16.8. The van der Waals surface area contributed by atoms with Crippen molar-refractivity contribution in [1.29, 1.82) is 0 Å². The summed E-state index contributed by atoms with van der Waals surface area (Å²) >= 11 is 0. The fourth-order valence-electron chi connectivity index (χ4n) is 4.98. The molecule has 1 heterocycles. The third-order valence-electron chi connectivity index (χ3n) is 6.85. The van der Waals surface area contributed by atoms with Gasteiger partial charge in [0.25, 0.3) is 0 Å². The van der Waals surface area contributed by atoms with E-state index in [4.69, 9.17) is 18.9 Å². The number of methoxy groups -OCH3 is 2. The summed E-state index contributed by atoms with van der Waals surface area (Å²) in [6.07, 6.45) is 3.66. The number of rotatable bonds is 4. The predicted octanol–water partition coefficient (Wildman–Crippen LogP) is 1.53. The maximum atomic E-state index is 9.63. The van der Waals surface area contributed by atoms with Crippen molar-refractivity contribution in [2.45, 2.75) is 63.3 Å². The van der Waals surface area contributed by atoms with Crippen LogP contribution in [0.25, 0.3) is 0 Å². The van der Waals surface area contributed by atoms with Crippen molar-refractivity contribution in [3.63, 3.8) is 0 Å². The summed E-state index contributed by atoms with van der Waals surface area (Å²) in [5.41, 5.74) is 0. The van der Waals surface area contributed by atoms with Gasteiger partial charge in [0.15, 0.2) is 0 Å². The molecule has 0 unspecified atom stereocenters. The van der Waals surface area contributed by atoms with E-state index in [0.29, 0.717) is 11.8 Å². The maximum absolute atomic E-state index is 9.63. The van der Waals surface area contributed by atoms with Gasteiger partial charge in [-0.25, -0.2) is 0 Å². The first-order chi connectivity index (χ1) is 11.4. The molecule has 3 rings (SSSR count). The largest absolute Gasteiger partial charge is 0.396 e. The van der Waals surface area contributed by atoms with Crippen LogP contribution in [0.3, 0.4) is 0 Å². The number of hydrogen-bond acceptors (Lipinski definition) is 6. The normalized spacial score (nSPS) is 51.8. The molecule has 0 aromatic heterocycles. The Kier molecular flexibility index (Phi) is 5.27. The van der Waals surface area contributed by atoms with Crippen LogP contribution in [0.5, 0.6) is 0 Å². The number of aliphatic hydroxyl groups is 2. The van der Waals surface area contributed by atoms with Crippen LogP contribution in [-0.2, 0) is 18.9 Å². The molecule has 3 fully saturated rings. The second-order valence-corrected chi connectivity index (χ2v) is 7.96. The quantitative estimate of drug-likeness (QED) is 0.805. The fraction of sp³-hybridized carbons (Fsp3) is 1.00. The zero-order valence-corrected chi connectivity index (χ0v) is 15.2. The Morgan fingerprint density at radius 1 is 0.792 bits per heavy atom. The van der Waals surface area contributed by atoms with Crippen molar-refractivity contribution >= 4 is 0 Å². The first kappa shape index (κ1) is 18.5. The van der Waals surface area contributed by atoms with Gasteiger partial charge in [-0.2, -0.15) is 0 Å². The summed E-state index contributed by atoms with van der Waals surface area (Å²) in [5, 5.41) is 19.3. The molecular weight excluding hydrogens is 312 g/mol. The molecule has 1 saturated heterocycles. The maximum Gasteiger partial charge on any atom is 0.220 e. The molecule has 2 aliphatic carbocycles. The van der Waals surface area contributed by atoms with Crippen LogP contribution < -0.4 is 0 Å². The van der Waals surface area contributed by atoms with E-state index in [-0.39, 0.29) is 37.3 Å². The number of ether oxygens (including phenoxy) is 4. The topological polar surface area (TPSA) is 77.4 Å². The lowest BCUT2D eigenvalue weighted by Gasteiger charge is -2.56. The zero-order valence-electron chi connectivity index (χ0n) is 15.2. The Labute approximate surface area is 144 Å². The van der Waals surface area contributed by atoms with Crippen molar-refractivity contribution in [3.8, 4) is 0 Å². The van der Waals surface area contributed by atoms with Gasteiger partial charge in [0.05, 0.1) is 12.2 Å². The molecule has 2 saturated carbocycles. The summed E-state index contributed by atoms with van der Waals surface area (Å²) in [6.45, 7) is 4.02. The minimum absolute atomic E-state index is 0.0237. The van der Waals surface area contributed by atoms with Crippen molar-refractivity contribution in [1.82, 2.24) is 0 Å². The summed E-state index contributed by atoms with van der Waals surface area (Å²) in [7, 11) is 3.22. The average Bonchev–Trinajstić information content (AvgIpc) is 2.60. The number of hydrogen-bond donors (Lipinski definition) is 2. The van der Waals surface area contributed by atoms with Crippen LogP contribution in [0.1, 0.15) is 39.5 Å². The Balaban J connectivity index is 1.76. The Morgan fingerprint density at radius 3 is 1.46 bits per heavy atom. The summed E-state index contributed by atoms with van der Waals surface area (Å²) in [6, 6.07) is 0. The second kappa shape index (κ2) is 6.82. The lowest BCUT2D eigenvalue weighted by Crippen LogP contribution is -2.66. The molecule has 8 atom stereocenters. The molecule has 0 aromatic rings. The summed E-state index contributed by atoms with van der Waals surface area (Å²) < 4.78 is 23.8. The number of aliphatic hydroxyl groups excluding tert-OH is 2. The zero-order chi connectivity index (χ0) is 17.5. The van der Waals surface area contributed by atoms with Gasteiger partial charge in [-0.15, -0.1) is 0 Å². The highest BCUT2D eigenvalue weighted by Gasteiger charge is 2.59. The van der Waals surface area contributed by atoms with Gasteiger partial charge in [-0.05, 0) is 63.2 Å². The molecule has 140 valence electrons. The van der Waals surface area contributed by atoms with Crippen molar-refractivity contribution in [3.05, 3.63) is 0 Å². The lowest BCUT2D eigenvalue weighted by atomic mass is 9.62. The molecule has 3 aliphatic rings. The molecule has 6 nitrogen and oxygen atoms in total. The van der Waals surface area contributed by atoms with Gasteiger partial charge in [0, 0.05) is 27.4 Å². The third kappa shape index (κ3) is 2.91. The van der Waals surface area contributed by atoms with Gasteiger partial charge in [-0.1, -0.05) is 0 Å². The fourth-order valence-corrected chi connectivity index (χ4v) is 4.98. The Hall–Kier alpha value is -0.240. The van der Waals surface area contributed by atoms with E-state index in [2.05, 4.69) is 0 Å². The van der Waals surface area contributed by atoms with Gasteiger partial charge >= 0.3 is 0 Å². The van der Waals surface area contributed by atoms with Crippen LogP contribution in [0.2, 0.25) is 0 Å². The number of fused-ring (bicyclic) bond motifs is 2. The van der Waals surface area contributed by atoms with E-state index in [1.807, 2.05) is 13.8 Å². The monoisotopic (exact) mass is 344 g/mol. The molecular formula is C18H32O6. The van der Waals surface area contributed by atoms with E-state index >= 15 is 0 Å². The summed E-state index contributed by atoms with van der Waals surface area (Å²) in [5.74, 6) is -0.514. The minimum atomic E-state index is -0.950. The highest BCUT2D eigenvalue weighted by molar-refractivity contribution is 4.99. The van der Waals surface area contributed by atoms with E-state index in [1.165, 1.54) is 0 Å². The van der Waals surface area contributed by atoms with Gasteiger partial charge < -0.3 is 29.2 Å². The van der Waals surface area contributed by atoms with Gasteiger partial charge in [0.1, 0.15) is 0 Å². The van der Waals surface area contributed by atoms with E-state index in [0.717, 1.165) is 25.7 Å². The molecule has 1 aliphatic heterocycles. The predicted molar refractivity (Wildman–Crippen MR) is 87.2 cm³/mol. The first-order valence-electron chi connectivity index (χ1n) is 9.07. The molecule has 0 spiro atoms.